The second-order valence-electron chi connectivity index (χ2n) is 5.03. The van der Waals surface area contributed by atoms with Crippen LogP contribution in [0.3, 0.4) is 0 Å². The molecule has 0 fully saturated rings. The average molecular weight is 196 g/mol. The summed E-state index contributed by atoms with van der Waals surface area (Å²) in [4.78, 5) is 0. The van der Waals surface area contributed by atoms with E-state index >= 15 is 0 Å². The molecule has 0 N–H and O–H groups in total. The van der Waals surface area contributed by atoms with E-state index in [1.165, 1.54) is 19.3 Å². The third kappa shape index (κ3) is 2.03. The zero-order valence-corrected chi connectivity index (χ0v) is 10.3. The minimum absolute atomic E-state index is 0.340. The molecule has 0 bridgehead atoms. The summed E-state index contributed by atoms with van der Waals surface area (Å²) in [5.41, 5.74) is 3.61. The van der Waals surface area contributed by atoms with E-state index in [2.05, 4.69) is 27.7 Å². The maximum absolute atomic E-state index is 5.32. The van der Waals surface area contributed by atoms with Crippen LogP contribution in [0.5, 0.6) is 0 Å². The minimum Gasteiger partial charge on any atom is -0.384 e. The molecule has 1 aliphatic carbocycles. The normalized spacial score (nSPS) is 26.8. The minimum atomic E-state index is 0.340. The first-order valence-electron chi connectivity index (χ1n) is 5.72. The number of methoxy groups -OCH3 is 1. The molecule has 0 saturated carbocycles. The van der Waals surface area contributed by atoms with Gasteiger partial charge in [-0.05, 0) is 37.5 Å². The average Bonchev–Trinajstić information content (AvgIpc) is 2.10. The fourth-order valence-corrected chi connectivity index (χ4v) is 2.95. The molecule has 1 nitrogen and oxygen atoms in total. The Morgan fingerprint density at radius 3 is 2.57 bits per heavy atom. The van der Waals surface area contributed by atoms with Crippen molar-refractivity contribution in [1.29, 1.82) is 0 Å². The molecule has 82 valence electrons. The second-order valence-corrected chi connectivity index (χ2v) is 5.03. The Morgan fingerprint density at radius 1 is 1.43 bits per heavy atom. The standard InChI is InChI=1S/C13H24O/c1-6-12-10(2)7-8-11(9-14-5)13(12,3)4/h11H,6-9H2,1-5H3/t11-/m0/s1. The van der Waals surface area contributed by atoms with Gasteiger partial charge in [-0.2, -0.15) is 0 Å². The van der Waals surface area contributed by atoms with Gasteiger partial charge in [0.15, 0.2) is 0 Å². The largest absolute Gasteiger partial charge is 0.384 e. The van der Waals surface area contributed by atoms with E-state index in [-0.39, 0.29) is 0 Å². The molecule has 0 radical (unpaired) electrons. The van der Waals surface area contributed by atoms with E-state index in [9.17, 15) is 0 Å². The van der Waals surface area contributed by atoms with Crippen molar-refractivity contribution in [2.24, 2.45) is 11.3 Å². The lowest BCUT2D eigenvalue weighted by Crippen LogP contribution is -2.33. The van der Waals surface area contributed by atoms with Gasteiger partial charge in [-0.1, -0.05) is 31.9 Å². The Balaban J connectivity index is 2.90. The molecule has 0 unspecified atom stereocenters. The third-order valence-electron chi connectivity index (χ3n) is 3.90. The first-order valence-corrected chi connectivity index (χ1v) is 5.72. The van der Waals surface area contributed by atoms with Crippen molar-refractivity contribution in [1.82, 2.24) is 0 Å². The first-order chi connectivity index (χ1) is 6.54. The van der Waals surface area contributed by atoms with Gasteiger partial charge in [-0.25, -0.2) is 0 Å². The fourth-order valence-electron chi connectivity index (χ4n) is 2.95. The molecule has 0 aromatic carbocycles. The molecule has 0 amide bonds. The molecule has 1 heteroatoms. The van der Waals surface area contributed by atoms with Crippen molar-refractivity contribution >= 4 is 0 Å². The summed E-state index contributed by atoms with van der Waals surface area (Å²) in [6.07, 6.45) is 3.75. The molecular weight excluding hydrogens is 172 g/mol. The highest BCUT2D eigenvalue weighted by molar-refractivity contribution is 5.23. The summed E-state index contributed by atoms with van der Waals surface area (Å²) in [7, 11) is 1.81. The summed E-state index contributed by atoms with van der Waals surface area (Å²) in [6.45, 7) is 10.2. The smallest absolute Gasteiger partial charge is 0.0498 e. The van der Waals surface area contributed by atoms with Gasteiger partial charge in [0.05, 0.1) is 0 Å². The highest BCUT2D eigenvalue weighted by Gasteiger charge is 2.35. The Hall–Kier alpha value is -0.300. The number of allylic oxidation sites excluding steroid dienone is 2. The lowest BCUT2D eigenvalue weighted by molar-refractivity contribution is 0.0847. The Labute approximate surface area is 88.5 Å². The Bertz CT molecular complexity index is 225. The maximum atomic E-state index is 5.32. The van der Waals surface area contributed by atoms with Crippen LogP contribution in [0.4, 0.5) is 0 Å². The van der Waals surface area contributed by atoms with E-state index in [1.54, 1.807) is 11.1 Å². The predicted octanol–water partition coefficient (Wildman–Crippen LogP) is 3.80. The van der Waals surface area contributed by atoms with Gasteiger partial charge in [0.2, 0.25) is 0 Å². The lowest BCUT2D eigenvalue weighted by Gasteiger charge is -2.41. The van der Waals surface area contributed by atoms with Crippen molar-refractivity contribution in [2.45, 2.75) is 47.0 Å². The zero-order valence-electron chi connectivity index (χ0n) is 10.3. The van der Waals surface area contributed by atoms with Gasteiger partial charge in [0, 0.05) is 13.7 Å². The van der Waals surface area contributed by atoms with Gasteiger partial charge in [-0.3, -0.25) is 0 Å². The first kappa shape index (κ1) is 11.8. The van der Waals surface area contributed by atoms with Gasteiger partial charge < -0.3 is 4.74 Å². The molecular formula is C13H24O. The van der Waals surface area contributed by atoms with Crippen LogP contribution < -0.4 is 0 Å². The monoisotopic (exact) mass is 196 g/mol. The molecule has 1 aliphatic rings. The van der Waals surface area contributed by atoms with Crippen LogP contribution in [0.2, 0.25) is 0 Å². The van der Waals surface area contributed by atoms with Gasteiger partial charge in [-0.15, -0.1) is 0 Å². The molecule has 1 rings (SSSR count). The Kier molecular flexibility index (Phi) is 3.77. The number of hydrogen-bond donors (Lipinski definition) is 0. The van der Waals surface area contributed by atoms with Crippen molar-refractivity contribution in [2.75, 3.05) is 13.7 Å². The van der Waals surface area contributed by atoms with E-state index < -0.39 is 0 Å². The summed E-state index contributed by atoms with van der Waals surface area (Å²) >= 11 is 0. The SMILES string of the molecule is CCC1=C(C)CC[C@@H](COC)C1(C)C. The van der Waals surface area contributed by atoms with Crippen LogP contribution in [-0.2, 0) is 4.74 Å². The van der Waals surface area contributed by atoms with Crippen LogP contribution in [0, 0.1) is 11.3 Å². The molecule has 0 aliphatic heterocycles. The van der Waals surface area contributed by atoms with E-state index in [1.807, 2.05) is 7.11 Å². The van der Waals surface area contributed by atoms with Crippen LogP contribution in [0.15, 0.2) is 11.1 Å². The Morgan fingerprint density at radius 2 is 2.07 bits per heavy atom. The molecule has 0 saturated heterocycles. The molecule has 14 heavy (non-hydrogen) atoms. The van der Waals surface area contributed by atoms with E-state index in [0.29, 0.717) is 11.3 Å². The van der Waals surface area contributed by atoms with Crippen molar-refractivity contribution < 1.29 is 4.74 Å². The quantitative estimate of drug-likeness (QED) is 0.624. The predicted molar refractivity (Wildman–Crippen MR) is 61.4 cm³/mol. The number of rotatable bonds is 3. The summed E-state index contributed by atoms with van der Waals surface area (Å²) in [6, 6.07) is 0. The van der Waals surface area contributed by atoms with Crippen molar-refractivity contribution in [3.8, 4) is 0 Å². The number of ether oxygens (including phenoxy) is 1. The molecule has 1 atom stereocenters. The topological polar surface area (TPSA) is 9.23 Å². The van der Waals surface area contributed by atoms with Gasteiger partial charge in [0.25, 0.3) is 0 Å². The van der Waals surface area contributed by atoms with E-state index in [0.717, 1.165) is 6.61 Å². The van der Waals surface area contributed by atoms with Gasteiger partial charge >= 0.3 is 0 Å². The summed E-state index contributed by atoms with van der Waals surface area (Å²) in [5, 5.41) is 0. The third-order valence-corrected chi connectivity index (χ3v) is 3.90. The lowest BCUT2D eigenvalue weighted by atomic mass is 9.65. The van der Waals surface area contributed by atoms with Gasteiger partial charge in [0.1, 0.15) is 0 Å². The molecule has 0 spiro atoms. The number of hydrogen-bond acceptors (Lipinski definition) is 1. The van der Waals surface area contributed by atoms with E-state index in [4.69, 9.17) is 4.74 Å². The summed E-state index contributed by atoms with van der Waals surface area (Å²) in [5.74, 6) is 0.700. The zero-order chi connectivity index (χ0) is 10.8. The highest BCUT2D eigenvalue weighted by Crippen LogP contribution is 2.45. The molecule has 0 heterocycles. The molecule has 0 aromatic rings. The highest BCUT2D eigenvalue weighted by atomic mass is 16.5. The second kappa shape index (κ2) is 4.48. The van der Waals surface area contributed by atoms with Crippen molar-refractivity contribution in [3.63, 3.8) is 0 Å². The molecule has 0 aromatic heterocycles. The fraction of sp³-hybridized carbons (Fsp3) is 0.846. The van der Waals surface area contributed by atoms with Crippen molar-refractivity contribution in [3.05, 3.63) is 11.1 Å². The van der Waals surface area contributed by atoms with Crippen LogP contribution in [-0.4, -0.2) is 13.7 Å². The maximum Gasteiger partial charge on any atom is 0.0498 e. The summed E-state index contributed by atoms with van der Waals surface area (Å²) < 4.78 is 5.32. The van der Waals surface area contributed by atoms with Crippen LogP contribution in [0.1, 0.15) is 47.0 Å². The van der Waals surface area contributed by atoms with Crippen LogP contribution >= 0.6 is 0 Å². The van der Waals surface area contributed by atoms with Crippen LogP contribution in [0.25, 0.3) is 0 Å².